The lowest BCUT2D eigenvalue weighted by Crippen LogP contribution is -2.60. The summed E-state index contributed by atoms with van der Waals surface area (Å²) in [4.78, 5) is 14.6. The lowest BCUT2D eigenvalue weighted by molar-refractivity contribution is -0.142. The number of esters is 1. The largest absolute Gasteiger partial charge is 0.497 e. The van der Waals surface area contributed by atoms with E-state index in [1.807, 2.05) is 6.92 Å². The van der Waals surface area contributed by atoms with Crippen molar-refractivity contribution in [2.24, 2.45) is 11.8 Å². The molecule has 3 aliphatic rings. The van der Waals surface area contributed by atoms with Crippen molar-refractivity contribution in [1.29, 1.82) is 0 Å². The second-order valence-electron chi connectivity index (χ2n) is 9.38. The molecule has 4 atom stereocenters. The molecule has 5 heteroatoms. The molecule has 0 aromatic heterocycles. The van der Waals surface area contributed by atoms with Crippen LogP contribution in [0.1, 0.15) is 50.7 Å². The van der Waals surface area contributed by atoms with Crippen LogP contribution in [0.25, 0.3) is 0 Å². The van der Waals surface area contributed by atoms with Crippen LogP contribution < -0.4 is 10.1 Å². The third-order valence-corrected chi connectivity index (χ3v) is 7.81. The van der Waals surface area contributed by atoms with Crippen LogP contribution in [0.4, 0.5) is 0 Å². The number of methoxy groups -OCH3 is 2. The molecule has 2 aliphatic carbocycles. The number of ether oxygens (including phenoxy) is 2. The highest BCUT2D eigenvalue weighted by molar-refractivity contribution is 5.75. The van der Waals surface area contributed by atoms with Crippen LogP contribution in [0, 0.1) is 11.8 Å². The van der Waals surface area contributed by atoms with E-state index in [1.165, 1.54) is 50.6 Å². The maximum Gasteiger partial charge on any atom is 0.322 e. The number of carbonyl (C=O) groups is 1. The predicted octanol–water partition coefficient (Wildman–Crippen LogP) is 3.15. The Morgan fingerprint density at radius 1 is 1.34 bits per heavy atom. The van der Waals surface area contributed by atoms with E-state index in [1.54, 1.807) is 7.11 Å². The molecule has 1 aromatic rings. The first-order chi connectivity index (χ1) is 14.0. The third-order valence-electron chi connectivity index (χ3n) is 7.81. The Hall–Kier alpha value is -1.59. The zero-order chi connectivity index (χ0) is 20.6. The summed E-state index contributed by atoms with van der Waals surface area (Å²) < 4.78 is 10.5. The van der Waals surface area contributed by atoms with Gasteiger partial charge in [-0.1, -0.05) is 13.0 Å². The van der Waals surface area contributed by atoms with Crippen LogP contribution in [0.15, 0.2) is 18.2 Å². The van der Waals surface area contributed by atoms with Gasteiger partial charge < -0.3 is 14.8 Å². The normalized spacial score (nSPS) is 29.8. The van der Waals surface area contributed by atoms with Gasteiger partial charge in [-0.05, 0) is 87.2 Å². The van der Waals surface area contributed by atoms with E-state index in [0.717, 1.165) is 31.1 Å². The molecule has 2 fully saturated rings. The van der Waals surface area contributed by atoms with Crippen LogP contribution in [-0.4, -0.2) is 56.8 Å². The number of likely N-dealkylation sites (tertiary alicyclic amines) is 1. The highest BCUT2D eigenvalue weighted by Gasteiger charge is 2.51. The van der Waals surface area contributed by atoms with Gasteiger partial charge in [-0.25, -0.2) is 0 Å². The average Bonchev–Trinajstić information content (AvgIpc) is 3.55. The molecule has 0 spiro atoms. The zero-order valence-corrected chi connectivity index (χ0v) is 18.4. The highest BCUT2D eigenvalue weighted by Crippen LogP contribution is 2.52. The van der Waals surface area contributed by atoms with Crippen molar-refractivity contribution in [3.8, 4) is 5.75 Å². The van der Waals surface area contributed by atoms with Gasteiger partial charge in [0.25, 0.3) is 0 Å². The summed E-state index contributed by atoms with van der Waals surface area (Å²) in [6.45, 7) is 7.59. The summed E-state index contributed by atoms with van der Waals surface area (Å²) >= 11 is 0. The molecule has 1 saturated heterocycles. The average molecular weight is 401 g/mol. The Labute approximate surface area is 175 Å². The number of benzene rings is 1. The quantitative estimate of drug-likeness (QED) is 0.680. The molecule has 1 heterocycles. The van der Waals surface area contributed by atoms with Gasteiger partial charge in [0.2, 0.25) is 0 Å². The first-order valence-corrected chi connectivity index (χ1v) is 11.2. The summed E-state index contributed by atoms with van der Waals surface area (Å²) in [6.07, 6.45) is 6.16. The van der Waals surface area contributed by atoms with Crippen molar-refractivity contribution >= 4 is 5.97 Å². The number of carbonyl (C=O) groups excluding carboxylic acids is 1. The number of nitrogens with zero attached hydrogens (tertiary/aromatic N) is 1. The van der Waals surface area contributed by atoms with Gasteiger partial charge >= 0.3 is 5.97 Å². The molecule has 1 aromatic carbocycles. The van der Waals surface area contributed by atoms with E-state index in [4.69, 9.17) is 9.47 Å². The minimum Gasteiger partial charge on any atom is -0.497 e. The highest BCUT2D eigenvalue weighted by atomic mass is 16.5. The monoisotopic (exact) mass is 400 g/mol. The Morgan fingerprint density at radius 3 is 2.83 bits per heavy atom. The molecule has 4 rings (SSSR count). The van der Waals surface area contributed by atoms with E-state index >= 15 is 0 Å². The van der Waals surface area contributed by atoms with Crippen LogP contribution in [-0.2, 0) is 21.4 Å². The van der Waals surface area contributed by atoms with E-state index in [-0.39, 0.29) is 17.4 Å². The van der Waals surface area contributed by atoms with Gasteiger partial charge in [0.1, 0.15) is 11.8 Å². The molecular weight excluding hydrogens is 364 g/mol. The van der Waals surface area contributed by atoms with Crippen molar-refractivity contribution in [2.75, 3.05) is 33.9 Å². The van der Waals surface area contributed by atoms with Crippen LogP contribution in [0.5, 0.6) is 5.75 Å². The van der Waals surface area contributed by atoms with E-state index in [2.05, 4.69) is 35.3 Å². The molecule has 2 bridgehead atoms. The first kappa shape index (κ1) is 20.7. The number of fused-ring (bicyclic) bond motifs is 4. The molecule has 1 aliphatic heterocycles. The number of rotatable bonds is 8. The maximum atomic E-state index is 11.8. The smallest absolute Gasteiger partial charge is 0.322 e. The molecule has 0 radical (unpaired) electrons. The van der Waals surface area contributed by atoms with Crippen molar-refractivity contribution in [1.82, 2.24) is 10.2 Å². The number of hydrogen-bond acceptors (Lipinski definition) is 5. The van der Waals surface area contributed by atoms with Gasteiger partial charge in [0.05, 0.1) is 14.2 Å². The van der Waals surface area contributed by atoms with Crippen molar-refractivity contribution in [2.45, 2.75) is 63.5 Å². The Balaban J connectivity index is 1.59. The number of nitrogens with one attached hydrogen (secondary N) is 1. The Morgan fingerprint density at radius 2 is 2.14 bits per heavy atom. The second-order valence-corrected chi connectivity index (χ2v) is 9.38. The zero-order valence-electron chi connectivity index (χ0n) is 18.4. The van der Waals surface area contributed by atoms with Crippen LogP contribution in [0.3, 0.4) is 0 Å². The minimum atomic E-state index is -0.272. The van der Waals surface area contributed by atoms with Crippen LogP contribution in [0.2, 0.25) is 0 Å². The maximum absolute atomic E-state index is 11.8. The lowest BCUT2D eigenvalue weighted by atomic mass is 9.56. The number of piperidine rings is 1. The summed E-state index contributed by atoms with van der Waals surface area (Å²) in [7, 11) is 3.20. The number of hydrogen-bond donors (Lipinski definition) is 1. The van der Waals surface area contributed by atoms with E-state index < -0.39 is 0 Å². The topological polar surface area (TPSA) is 50.8 Å². The van der Waals surface area contributed by atoms with Crippen molar-refractivity contribution in [3.05, 3.63) is 29.3 Å². The predicted molar refractivity (Wildman–Crippen MR) is 114 cm³/mol. The Bertz CT molecular complexity index is 748. The van der Waals surface area contributed by atoms with E-state index in [9.17, 15) is 4.79 Å². The summed E-state index contributed by atoms with van der Waals surface area (Å²) in [5.41, 5.74) is 3.09. The fourth-order valence-corrected chi connectivity index (χ4v) is 5.77. The van der Waals surface area contributed by atoms with Gasteiger partial charge in [0, 0.05) is 18.0 Å². The molecule has 160 valence electrons. The SMILES string of the molecule is COC(=O)[C@H](C)NCC[C@]12CCN(CC3CC3)[C@H](Cc3ccc(OC)cc31)[C@@H]2C. The molecule has 0 amide bonds. The van der Waals surface area contributed by atoms with Gasteiger partial charge in [-0.2, -0.15) is 0 Å². The van der Waals surface area contributed by atoms with Crippen molar-refractivity contribution < 1.29 is 14.3 Å². The molecule has 5 nitrogen and oxygen atoms in total. The first-order valence-electron chi connectivity index (χ1n) is 11.2. The summed E-state index contributed by atoms with van der Waals surface area (Å²) in [5, 5.41) is 3.39. The third kappa shape index (κ3) is 3.91. The molecule has 29 heavy (non-hydrogen) atoms. The van der Waals surface area contributed by atoms with Gasteiger partial charge in [0.15, 0.2) is 0 Å². The summed E-state index contributed by atoms with van der Waals surface area (Å²) in [5.74, 6) is 2.27. The van der Waals surface area contributed by atoms with Gasteiger partial charge in [-0.15, -0.1) is 0 Å². The van der Waals surface area contributed by atoms with E-state index in [0.29, 0.717) is 12.0 Å². The van der Waals surface area contributed by atoms with Crippen molar-refractivity contribution in [3.63, 3.8) is 0 Å². The molecule has 1 saturated carbocycles. The second kappa shape index (κ2) is 8.27. The molecular formula is C24H36N2O3. The molecule has 1 N–H and O–H groups in total. The summed E-state index contributed by atoms with van der Waals surface area (Å²) in [6, 6.07) is 7.02. The molecule has 0 unspecified atom stereocenters. The minimum absolute atomic E-state index is 0.135. The van der Waals surface area contributed by atoms with Gasteiger partial charge in [-0.3, -0.25) is 9.69 Å². The Kier molecular flexibility index (Phi) is 5.90. The lowest BCUT2D eigenvalue weighted by Gasteiger charge is -2.56. The van der Waals surface area contributed by atoms with Crippen LogP contribution >= 0.6 is 0 Å². The fraction of sp³-hybridized carbons (Fsp3) is 0.708. The fourth-order valence-electron chi connectivity index (χ4n) is 5.77. The standard InChI is InChI=1S/C24H36N2O3/c1-16-22-13-19-7-8-20(28-3)14-21(19)24(16,9-11-25-17(2)23(27)29-4)10-12-26(22)15-18-5-6-18/h7-8,14,16-18,22,25H,5-6,9-13,15H2,1-4H3/t16-,17-,22+,24+/m0/s1.